The molecule has 0 fully saturated rings. The fourth-order valence-electron chi connectivity index (χ4n) is 2.05. The van der Waals surface area contributed by atoms with Gasteiger partial charge in [-0.05, 0) is 45.0 Å². The molecule has 0 radical (unpaired) electrons. The minimum Gasteiger partial charge on any atom is -0.489 e. The van der Waals surface area contributed by atoms with Crippen molar-refractivity contribution in [2.45, 2.75) is 32.5 Å². The summed E-state index contributed by atoms with van der Waals surface area (Å²) in [4.78, 5) is 12.0. The Balaban J connectivity index is 2.01. The Morgan fingerprint density at radius 3 is 2.79 bits per heavy atom. The van der Waals surface area contributed by atoms with Crippen LogP contribution in [0.3, 0.4) is 0 Å². The van der Waals surface area contributed by atoms with Crippen LogP contribution in [-0.2, 0) is 5.60 Å². The summed E-state index contributed by atoms with van der Waals surface area (Å²) in [6, 6.07) is 6.53. The number of ether oxygens (including phenoxy) is 1. The highest BCUT2D eigenvalue weighted by Crippen LogP contribution is 2.26. The molecule has 2 rings (SSSR count). The van der Waals surface area contributed by atoms with Crippen LogP contribution in [-0.4, -0.2) is 23.8 Å². The van der Waals surface area contributed by atoms with Crippen molar-refractivity contribution < 1.29 is 23.4 Å². The van der Waals surface area contributed by atoms with Gasteiger partial charge in [-0.15, -0.1) is 0 Å². The number of nitrogens with one attached hydrogen (secondary N) is 2. The van der Waals surface area contributed by atoms with E-state index in [2.05, 4.69) is 10.6 Å². The van der Waals surface area contributed by atoms with Gasteiger partial charge in [-0.2, -0.15) is 0 Å². The van der Waals surface area contributed by atoms with Crippen LogP contribution in [0.5, 0.6) is 5.75 Å². The largest absolute Gasteiger partial charge is 0.489 e. The highest BCUT2D eigenvalue weighted by atomic mass is 19.1. The lowest BCUT2D eigenvalue weighted by atomic mass is 10.0. The van der Waals surface area contributed by atoms with Gasteiger partial charge in [-0.3, -0.25) is 0 Å². The van der Waals surface area contributed by atoms with Crippen LogP contribution < -0.4 is 15.4 Å². The van der Waals surface area contributed by atoms with Crippen LogP contribution in [0.15, 0.2) is 41.0 Å². The zero-order chi connectivity index (χ0) is 17.7. The van der Waals surface area contributed by atoms with Gasteiger partial charge < -0.3 is 24.9 Å². The van der Waals surface area contributed by atoms with E-state index in [0.29, 0.717) is 11.5 Å². The van der Waals surface area contributed by atoms with Crippen LogP contribution in [0, 0.1) is 5.82 Å². The Morgan fingerprint density at radius 1 is 1.42 bits per heavy atom. The van der Waals surface area contributed by atoms with E-state index in [-0.39, 0.29) is 18.3 Å². The molecule has 0 aliphatic rings. The molecule has 2 aromatic rings. The van der Waals surface area contributed by atoms with Crippen molar-refractivity contribution in [3.05, 3.63) is 48.2 Å². The third kappa shape index (κ3) is 4.73. The van der Waals surface area contributed by atoms with Gasteiger partial charge in [0, 0.05) is 6.07 Å². The molecule has 0 spiro atoms. The summed E-state index contributed by atoms with van der Waals surface area (Å²) in [5, 5.41) is 15.3. The number of benzene rings is 1. The average Bonchev–Trinajstić information content (AvgIpc) is 3.03. The quantitative estimate of drug-likeness (QED) is 0.756. The smallest absolute Gasteiger partial charge is 0.319 e. The van der Waals surface area contributed by atoms with E-state index in [1.165, 1.54) is 31.4 Å². The van der Waals surface area contributed by atoms with E-state index in [4.69, 9.17) is 9.15 Å². The lowest BCUT2D eigenvalue weighted by molar-refractivity contribution is 0.0372. The predicted molar refractivity (Wildman–Crippen MR) is 87.5 cm³/mol. The first-order valence-electron chi connectivity index (χ1n) is 7.55. The van der Waals surface area contributed by atoms with Gasteiger partial charge in [0.2, 0.25) is 0 Å². The lowest BCUT2D eigenvalue weighted by Crippen LogP contribution is -2.40. The van der Waals surface area contributed by atoms with Crippen molar-refractivity contribution in [3.63, 3.8) is 0 Å². The van der Waals surface area contributed by atoms with Crippen LogP contribution in [0.2, 0.25) is 0 Å². The fraction of sp³-hybridized carbons (Fsp3) is 0.353. The number of rotatable bonds is 6. The SMILES string of the molecule is CC(C)Oc1ccc(F)cc1NC(=O)NCC(C)(O)c1ccco1. The Bertz CT molecular complexity index is 684. The highest BCUT2D eigenvalue weighted by molar-refractivity contribution is 5.90. The maximum absolute atomic E-state index is 13.4. The van der Waals surface area contributed by atoms with Crippen molar-refractivity contribution in [2.24, 2.45) is 0 Å². The Morgan fingerprint density at radius 2 is 2.17 bits per heavy atom. The van der Waals surface area contributed by atoms with E-state index in [1.54, 1.807) is 12.1 Å². The molecule has 1 unspecified atom stereocenters. The molecule has 0 bridgehead atoms. The van der Waals surface area contributed by atoms with Crippen LogP contribution >= 0.6 is 0 Å². The summed E-state index contributed by atoms with van der Waals surface area (Å²) in [5.41, 5.74) is -1.15. The third-order valence-corrected chi connectivity index (χ3v) is 3.20. The summed E-state index contributed by atoms with van der Waals surface area (Å²) in [6.07, 6.45) is 1.31. The number of aliphatic hydroxyl groups is 1. The molecule has 1 heterocycles. The zero-order valence-corrected chi connectivity index (χ0v) is 13.8. The van der Waals surface area contributed by atoms with Crippen molar-refractivity contribution in [1.82, 2.24) is 5.32 Å². The molecule has 0 saturated carbocycles. The third-order valence-electron chi connectivity index (χ3n) is 3.20. The van der Waals surface area contributed by atoms with Gasteiger partial charge in [0.05, 0.1) is 24.6 Å². The second-order valence-electron chi connectivity index (χ2n) is 5.87. The van der Waals surface area contributed by atoms with Crippen molar-refractivity contribution >= 4 is 11.7 Å². The molecule has 7 heteroatoms. The molecular weight excluding hydrogens is 315 g/mol. The molecule has 3 N–H and O–H groups in total. The fourth-order valence-corrected chi connectivity index (χ4v) is 2.05. The normalized spacial score (nSPS) is 13.4. The summed E-state index contributed by atoms with van der Waals surface area (Å²) in [7, 11) is 0. The second kappa shape index (κ2) is 7.35. The number of amides is 2. The van der Waals surface area contributed by atoms with Gasteiger partial charge in [-0.1, -0.05) is 0 Å². The molecule has 0 aliphatic heterocycles. The second-order valence-corrected chi connectivity index (χ2v) is 5.87. The Labute approximate surface area is 139 Å². The van der Waals surface area contributed by atoms with Gasteiger partial charge in [0.25, 0.3) is 0 Å². The van der Waals surface area contributed by atoms with Crippen molar-refractivity contribution in [3.8, 4) is 5.75 Å². The average molecular weight is 336 g/mol. The van der Waals surface area contributed by atoms with Gasteiger partial charge in [0.1, 0.15) is 22.9 Å². The molecule has 2 amide bonds. The number of halogens is 1. The minimum absolute atomic E-state index is 0.0813. The van der Waals surface area contributed by atoms with E-state index < -0.39 is 17.4 Å². The number of carbonyl (C=O) groups excluding carboxylic acids is 1. The first-order chi connectivity index (χ1) is 11.3. The van der Waals surface area contributed by atoms with Crippen LogP contribution in [0.25, 0.3) is 0 Å². The summed E-state index contributed by atoms with van der Waals surface area (Å²) < 4.78 is 24.1. The topological polar surface area (TPSA) is 83.7 Å². The Kier molecular flexibility index (Phi) is 5.46. The molecule has 130 valence electrons. The highest BCUT2D eigenvalue weighted by Gasteiger charge is 2.27. The summed E-state index contributed by atoms with van der Waals surface area (Å²) >= 11 is 0. The van der Waals surface area contributed by atoms with Crippen LogP contribution in [0.1, 0.15) is 26.5 Å². The molecule has 0 aliphatic carbocycles. The maximum Gasteiger partial charge on any atom is 0.319 e. The maximum atomic E-state index is 13.4. The molecular formula is C17H21FN2O4. The van der Waals surface area contributed by atoms with E-state index in [1.807, 2.05) is 13.8 Å². The Hall–Kier alpha value is -2.54. The summed E-state index contributed by atoms with van der Waals surface area (Å²) in [5.74, 6) is 0.195. The van der Waals surface area contributed by atoms with E-state index in [9.17, 15) is 14.3 Å². The van der Waals surface area contributed by atoms with Crippen molar-refractivity contribution in [2.75, 3.05) is 11.9 Å². The van der Waals surface area contributed by atoms with E-state index >= 15 is 0 Å². The zero-order valence-electron chi connectivity index (χ0n) is 13.8. The number of anilines is 1. The lowest BCUT2D eigenvalue weighted by Gasteiger charge is -2.21. The predicted octanol–water partition coefficient (Wildman–Crippen LogP) is 3.24. The number of carbonyl (C=O) groups is 1. The number of furan rings is 1. The minimum atomic E-state index is -1.36. The molecule has 1 atom stereocenters. The van der Waals surface area contributed by atoms with Crippen LogP contribution in [0.4, 0.5) is 14.9 Å². The van der Waals surface area contributed by atoms with Gasteiger partial charge >= 0.3 is 6.03 Å². The number of hydrogen-bond acceptors (Lipinski definition) is 4. The van der Waals surface area contributed by atoms with Gasteiger partial charge in [-0.25, -0.2) is 9.18 Å². The first-order valence-corrected chi connectivity index (χ1v) is 7.55. The number of hydrogen-bond donors (Lipinski definition) is 3. The first kappa shape index (κ1) is 17.8. The molecule has 6 nitrogen and oxygen atoms in total. The van der Waals surface area contributed by atoms with Crippen molar-refractivity contribution in [1.29, 1.82) is 0 Å². The molecule has 24 heavy (non-hydrogen) atoms. The van der Waals surface area contributed by atoms with E-state index in [0.717, 1.165) is 0 Å². The molecule has 1 aromatic heterocycles. The molecule has 0 saturated heterocycles. The monoisotopic (exact) mass is 336 g/mol. The van der Waals surface area contributed by atoms with Gasteiger partial charge in [0.15, 0.2) is 0 Å². The standard InChI is InChI=1S/C17H21FN2O4/c1-11(2)24-14-7-6-12(18)9-13(14)20-16(21)19-10-17(3,22)15-5-4-8-23-15/h4-9,11,22H,10H2,1-3H3,(H2,19,20,21). The molecule has 1 aromatic carbocycles. The number of urea groups is 1. The summed E-state index contributed by atoms with van der Waals surface area (Å²) in [6.45, 7) is 5.09.